The molecule has 0 aliphatic carbocycles. The summed E-state index contributed by atoms with van der Waals surface area (Å²) in [5, 5.41) is 2.42. The molecule has 1 rings (SSSR count). The number of hydrogen-bond acceptors (Lipinski definition) is 2. The van der Waals surface area contributed by atoms with E-state index in [-0.39, 0.29) is 11.4 Å². The van der Waals surface area contributed by atoms with Gasteiger partial charge in [0.05, 0.1) is 0 Å². The highest BCUT2D eigenvalue weighted by atomic mass is 19.4. The lowest BCUT2D eigenvalue weighted by Crippen LogP contribution is -2.17. The largest absolute Gasteiger partial charge is 0.573 e. The SMILES string of the molecule is C/C=C/C=C/C(=O)Nc1cccc(OC(F)(F)F)c1. The van der Waals surface area contributed by atoms with Gasteiger partial charge >= 0.3 is 6.36 Å². The van der Waals surface area contributed by atoms with E-state index in [1.54, 1.807) is 19.1 Å². The van der Waals surface area contributed by atoms with Crippen LogP contribution in [0, 0.1) is 0 Å². The van der Waals surface area contributed by atoms with Crippen LogP contribution in [0.2, 0.25) is 0 Å². The minimum Gasteiger partial charge on any atom is -0.406 e. The maximum atomic E-state index is 12.0. The number of carbonyl (C=O) groups excluding carboxylic acids is 1. The fourth-order valence-electron chi connectivity index (χ4n) is 1.21. The zero-order valence-electron chi connectivity index (χ0n) is 10.1. The molecule has 0 saturated heterocycles. The summed E-state index contributed by atoms with van der Waals surface area (Å²) >= 11 is 0. The van der Waals surface area contributed by atoms with Crippen LogP contribution >= 0.6 is 0 Å². The van der Waals surface area contributed by atoms with Crippen molar-refractivity contribution in [1.82, 2.24) is 0 Å². The van der Waals surface area contributed by atoms with Crippen LogP contribution in [0.5, 0.6) is 5.75 Å². The Morgan fingerprint density at radius 1 is 1.32 bits per heavy atom. The third-order valence-corrected chi connectivity index (χ3v) is 1.89. The fourth-order valence-corrected chi connectivity index (χ4v) is 1.21. The average Bonchev–Trinajstić information content (AvgIpc) is 2.27. The molecule has 19 heavy (non-hydrogen) atoms. The second kappa shape index (κ2) is 6.63. The first-order chi connectivity index (χ1) is 8.90. The first-order valence-corrected chi connectivity index (χ1v) is 5.37. The van der Waals surface area contributed by atoms with E-state index >= 15 is 0 Å². The Morgan fingerprint density at radius 2 is 2.05 bits per heavy atom. The van der Waals surface area contributed by atoms with Crippen molar-refractivity contribution in [3.63, 3.8) is 0 Å². The Hall–Kier alpha value is -2.24. The average molecular weight is 271 g/mol. The van der Waals surface area contributed by atoms with Crippen molar-refractivity contribution in [3.8, 4) is 5.75 Å². The number of hydrogen-bond donors (Lipinski definition) is 1. The van der Waals surface area contributed by atoms with Crippen LogP contribution < -0.4 is 10.1 Å². The minimum atomic E-state index is -4.76. The second-order valence-corrected chi connectivity index (χ2v) is 3.45. The van der Waals surface area contributed by atoms with E-state index in [2.05, 4.69) is 10.1 Å². The molecule has 0 spiro atoms. The van der Waals surface area contributed by atoms with E-state index in [0.29, 0.717) is 0 Å². The molecule has 0 fully saturated rings. The number of rotatable bonds is 4. The number of halogens is 3. The van der Waals surface area contributed by atoms with Gasteiger partial charge in [-0.25, -0.2) is 0 Å². The summed E-state index contributed by atoms with van der Waals surface area (Å²) in [5.41, 5.74) is 0.219. The number of benzene rings is 1. The molecule has 1 aromatic rings. The normalized spacial score (nSPS) is 12.0. The number of ether oxygens (including phenoxy) is 1. The number of anilines is 1. The van der Waals surface area contributed by atoms with Crippen molar-refractivity contribution >= 4 is 11.6 Å². The highest BCUT2D eigenvalue weighted by molar-refractivity contribution is 5.99. The van der Waals surface area contributed by atoms with Gasteiger partial charge in [0.2, 0.25) is 5.91 Å². The first kappa shape index (κ1) is 14.8. The van der Waals surface area contributed by atoms with Crippen LogP contribution in [-0.4, -0.2) is 12.3 Å². The molecule has 0 saturated carbocycles. The molecule has 1 amide bonds. The predicted molar refractivity (Wildman–Crippen MR) is 65.7 cm³/mol. The van der Waals surface area contributed by atoms with Gasteiger partial charge < -0.3 is 10.1 Å². The highest BCUT2D eigenvalue weighted by Crippen LogP contribution is 2.24. The summed E-state index contributed by atoms with van der Waals surface area (Å²) in [6.07, 6.45) is 1.42. The topological polar surface area (TPSA) is 38.3 Å². The van der Waals surface area contributed by atoms with Crippen molar-refractivity contribution in [2.75, 3.05) is 5.32 Å². The summed E-state index contributed by atoms with van der Waals surface area (Å²) in [5.74, 6) is -0.829. The zero-order valence-corrected chi connectivity index (χ0v) is 10.1. The van der Waals surface area contributed by atoms with Crippen LogP contribution in [0.4, 0.5) is 18.9 Å². The Balaban J connectivity index is 2.69. The molecule has 1 aromatic carbocycles. The van der Waals surface area contributed by atoms with Gasteiger partial charge in [0.1, 0.15) is 5.75 Å². The lowest BCUT2D eigenvalue weighted by molar-refractivity contribution is -0.274. The Labute approximate surface area is 108 Å². The molecule has 6 heteroatoms. The van der Waals surface area contributed by atoms with Gasteiger partial charge in [0, 0.05) is 17.8 Å². The predicted octanol–water partition coefficient (Wildman–Crippen LogP) is 3.66. The van der Waals surface area contributed by atoms with E-state index in [9.17, 15) is 18.0 Å². The monoisotopic (exact) mass is 271 g/mol. The van der Waals surface area contributed by atoms with Gasteiger partial charge in [-0.2, -0.15) is 0 Å². The number of amides is 1. The molecule has 0 radical (unpaired) electrons. The highest BCUT2D eigenvalue weighted by Gasteiger charge is 2.31. The van der Waals surface area contributed by atoms with E-state index in [1.165, 1.54) is 24.3 Å². The Kier molecular flexibility index (Phi) is 5.17. The molecule has 0 heterocycles. The number of nitrogens with one attached hydrogen (secondary N) is 1. The van der Waals surface area contributed by atoms with Crippen LogP contribution in [0.25, 0.3) is 0 Å². The van der Waals surface area contributed by atoms with E-state index in [4.69, 9.17) is 0 Å². The maximum absolute atomic E-state index is 12.0. The molecule has 0 aromatic heterocycles. The van der Waals surface area contributed by atoms with Gasteiger partial charge in [-0.15, -0.1) is 13.2 Å². The van der Waals surface area contributed by atoms with Crippen molar-refractivity contribution in [2.24, 2.45) is 0 Å². The van der Waals surface area contributed by atoms with Gasteiger partial charge in [-0.3, -0.25) is 4.79 Å². The summed E-state index contributed by atoms with van der Waals surface area (Å²) in [4.78, 5) is 11.4. The van der Waals surface area contributed by atoms with Crippen molar-refractivity contribution in [1.29, 1.82) is 0 Å². The lowest BCUT2D eigenvalue weighted by Gasteiger charge is -2.10. The van der Waals surface area contributed by atoms with Crippen molar-refractivity contribution in [2.45, 2.75) is 13.3 Å². The smallest absolute Gasteiger partial charge is 0.406 e. The molecule has 3 nitrogen and oxygen atoms in total. The first-order valence-electron chi connectivity index (χ1n) is 5.37. The second-order valence-electron chi connectivity index (χ2n) is 3.45. The van der Waals surface area contributed by atoms with Crippen LogP contribution in [0.15, 0.2) is 48.6 Å². The summed E-state index contributed by atoms with van der Waals surface area (Å²) < 4.78 is 39.8. The van der Waals surface area contributed by atoms with Crippen LogP contribution in [-0.2, 0) is 4.79 Å². The van der Waals surface area contributed by atoms with Crippen LogP contribution in [0.3, 0.4) is 0 Å². The van der Waals surface area contributed by atoms with Crippen molar-refractivity contribution < 1.29 is 22.7 Å². The third kappa shape index (κ3) is 6.30. The number of alkyl halides is 3. The Morgan fingerprint density at radius 3 is 2.68 bits per heavy atom. The Bertz CT molecular complexity index is 493. The lowest BCUT2D eigenvalue weighted by atomic mass is 10.3. The van der Waals surface area contributed by atoms with E-state index in [1.807, 2.05) is 0 Å². The molecule has 102 valence electrons. The molecule has 0 atom stereocenters. The van der Waals surface area contributed by atoms with Gasteiger partial charge in [-0.1, -0.05) is 24.3 Å². The summed E-state index contributed by atoms with van der Waals surface area (Å²) in [6, 6.07) is 5.06. The summed E-state index contributed by atoms with van der Waals surface area (Å²) in [7, 11) is 0. The minimum absolute atomic E-state index is 0.219. The number of carbonyl (C=O) groups is 1. The van der Waals surface area contributed by atoms with Crippen molar-refractivity contribution in [3.05, 3.63) is 48.6 Å². The molecule has 0 bridgehead atoms. The summed E-state index contributed by atoms with van der Waals surface area (Å²) in [6.45, 7) is 1.79. The standard InChI is InChI=1S/C13H12F3NO2/c1-2-3-4-8-12(18)17-10-6-5-7-11(9-10)19-13(14,15)16/h2-9H,1H3,(H,17,18)/b3-2+,8-4+. The van der Waals surface area contributed by atoms with E-state index in [0.717, 1.165) is 12.1 Å². The number of allylic oxidation sites excluding steroid dienone is 3. The van der Waals surface area contributed by atoms with Gasteiger partial charge in [-0.05, 0) is 19.1 Å². The molecule has 0 aliphatic rings. The molecular formula is C13H12F3NO2. The molecular weight excluding hydrogens is 259 g/mol. The van der Waals surface area contributed by atoms with Gasteiger partial charge in [0.15, 0.2) is 0 Å². The quantitative estimate of drug-likeness (QED) is 0.670. The fraction of sp³-hybridized carbons (Fsp3) is 0.154. The maximum Gasteiger partial charge on any atom is 0.573 e. The molecule has 1 N–H and O–H groups in total. The molecule has 0 aliphatic heterocycles. The van der Waals surface area contributed by atoms with Crippen LogP contribution in [0.1, 0.15) is 6.92 Å². The zero-order chi connectivity index (χ0) is 14.3. The third-order valence-electron chi connectivity index (χ3n) is 1.89. The van der Waals surface area contributed by atoms with Gasteiger partial charge in [0.25, 0.3) is 0 Å². The van der Waals surface area contributed by atoms with E-state index < -0.39 is 12.3 Å². The molecule has 0 unspecified atom stereocenters.